The van der Waals surface area contributed by atoms with Gasteiger partial charge in [0.05, 0.1) is 12.5 Å². The van der Waals surface area contributed by atoms with E-state index in [1.54, 1.807) is 0 Å². The fourth-order valence-electron chi connectivity index (χ4n) is 3.61. The summed E-state index contributed by atoms with van der Waals surface area (Å²) >= 11 is 0. The Morgan fingerprint density at radius 2 is 1.32 bits per heavy atom. The zero-order chi connectivity index (χ0) is 16.6. The minimum atomic E-state index is 0.0488. The van der Waals surface area contributed by atoms with Crippen LogP contribution in [0, 0.1) is 0 Å². The van der Waals surface area contributed by atoms with Gasteiger partial charge in [0.15, 0.2) is 11.6 Å². The van der Waals surface area contributed by atoms with Gasteiger partial charge in [0.1, 0.15) is 0 Å². The van der Waals surface area contributed by atoms with Gasteiger partial charge in [-0.1, -0.05) is 84.9 Å². The summed E-state index contributed by atoms with van der Waals surface area (Å²) in [7, 11) is 0. The molecule has 3 nitrogen and oxygen atoms in total. The molecule has 0 fully saturated rings. The van der Waals surface area contributed by atoms with E-state index in [1.165, 1.54) is 22.3 Å². The molecule has 1 aliphatic rings. The standard InChI is InChI=1S/C22H17N3/c1-3-9-16(10-4-1)20(17-11-5-2-6-12-17)21-23-22-19-14-8-7-13-18(19)15-25(22)24-21/h1-14,20H,15H2. The van der Waals surface area contributed by atoms with Crippen LogP contribution in [0.15, 0.2) is 84.9 Å². The summed E-state index contributed by atoms with van der Waals surface area (Å²) in [6.45, 7) is 0.800. The molecule has 0 amide bonds. The smallest absolute Gasteiger partial charge is 0.163 e. The van der Waals surface area contributed by atoms with Gasteiger partial charge in [-0.25, -0.2) is 9.67 Å². The van der Waals surface area contributed by atoms with Crippen LogP contribution in [-0.2, 0) is 6.54 Å². The number of hydrogen-bond donors (Lipinski definition) is 0. The first-order valence-electron chi connectivity index (χ1n) is 8.53. The van der Waals surface area contributed by atoms with Crippen molar-refractivity contribution in [2.45, 2.75) is 12.5 Å². The van der Waals surface area contributed by atoms with Crippen LogP contribution >= 0.6 is 0 Å². The molecule has 1 aliphatic heterocycles. The molecule has 120 valence electrons. The Hall–Kier alpha value is -3.20. The zero-order valence-corrected chi connectivity index (χ0v) is 13.7. The van der Waals surface area contributed by atoms with Crippen LogP contribution in [0.5, 0.6) is 0 Å². The Balaban J connectivity index is 1.65. The van der Waals surface area contributed by atoms with Crippen LogP contribution in [0.4, 0.5) is 0 Å². The van der Waals surface area contributed by atoms with E-state index in [9.17, 15) is 0 Å². The quantitative estimate of drug-likeness (QED) is 0.490. The summed E-state index contributed by atoms with van der Waals surface area (Å²) in [6.07, 6.45) is 0. The average Bonchev–Trinajstić information content (AvgIpc) is 3.22. The summed E-state index contributed by atoms with van der Waals surface area (Å²) < 4.78 is 2.03. The highest BCUT2D eigenvalue weighted by molar-refractivity contribution is 5.64. The topological polar surface area (TPSA) is 30.7 Å². The lowest BCUT2D eigenvalue weighted by Crippen LogP contribution is -2.07. The van der Waals surface area contributed by atoms with Gasteiger partial charge in [-0.15, -0.1) is 0 Å². The van der Waals surface area contributed by atoms with E-state index in [0.29, 0.717) is 0 Å². The Labute approximate surface area is 146 Å². The second kappa shape index (κ2) is 5.71. The van der Waals surface area contributed by atoms with Crippen LogP contribution in [0.2, 0.25) is 0 Å². The number of hydrogen-bond acceptors (Lipinski definition) is 2. The third kappa shape index (κ3) is 2.36. The second-order valence-electron chi connectivity index (χ2n) is 6.36. The monoisotopic (exact) mass is 323 g/mol. The lowest BCUT2D eigenvalue weighted by Gasteiger charge is -2.15. The van der Waals surface area contributed by atoms with E-state index in [4.69, 9.17) is 10.1 Å². The van der Waals surface area contributed by atoms with Crippen LogP contribution < -0.4 is 0 Å². The Morgan fingerprint density at radius 1 is 0.720 bits per heavy atom. The predicted octanol–water partition coefficient (Wildman–Crippen LogP) is 4.49. The number of fused-ring (bicyclic) bond motifs is 3. The van der Waals surface area contributed by atoms with Crippen molar-refractivity contribution in [2.75, 3.05) is 0 Å². The molecule has 3 aromatic carbocycles. The summed E-state index contributed by atoms with van der Waals surface area (Å²) in [5, 5.41) is 4.86. The molecule has 3 heteroatoms. The maximum absolute atomic E-state index is 4.94. The lowest BCUT2D eigenvalue weighted by molar-refractivity contribution is 0.694. The molecular weight excluding hydrogens is 306 g/mol. The number of aromatic nitrogens is 3. The molecule has 0 saturated carbocycles. The average molecular weight is 323 g/mol. The third-order valence-corrected chi connectivity index (χ3v) is 4.79. The van der Waals surface area contributed by atoms with E-state index >= 15 is 0 Å². The molecule has 4 aromatic rings. The van der Waals surface area contributed by atoms with Crippen molar-refractivity contribution >= 4 is 0 Å². The minimum Gasteiger partial charge on any atom is -0.241 e. The highest BCUT2D eigenvalue weighted by atomic mass is 15.4. The van der Waals surface area contributed by atoms with Gasteiger partial charge in [0.2, 0.25) is 0 Å². The first-order valence-corrected chi connectivity index (χ1v) is 8.53. The largest absolute Gasteiger partial charge is 0.241 e. The summed E-state index contributed by atoms with van der Waals surface area (Å²) in [6, 6.07) is 29.4. The number of rotatable bonds is 3. The Bertz CT molecular complexity index is 980. The van der Waals surface area contributed by atoms with Gasteiger partial charge in [0, 0.05) is 5.56 Å². The Morgan fingerprint density at radius 3 is 2.00 bits per heavy atom. The van der Waals surface area contributed by atoms with Crippen molar-refractivity contribution in [3.8, 4) is 11.4 Å². The fourth-order valence-corrected chi connectivity index (χ4v) is 3.61. The van der Waals surface area contributed by atoms with Gasteiger partial charge >= 0.3 is 0 Å². The molecule has 0 saturated heterocycles. The second-order valence-corrected chi connectivity index (χ2v) is 6.36. The molecule has 1 aromatic heterocycles. The van der Waals surface area contributed by atoms with Gasteiger partial charge in [-0.3, -0.25) is 0 Å². The normalized spacial score (nSPS) is 12.2. The molecule has 0 atom stereocenters. The molecule has 0 spiro atoms. The van der Waals surface area contributed by atoms with Crippen LogP contribution in [-0.4, -0.2) is 14.8 Å². The summed E-state index contributed by atoms with van der Waals surface area (Å²) in [5.41, 5.74) is 4.92. The number of benzene rings is 3. The van der Waals surface area contributed by atoms with Gasteiger partial charge in [-0.05, 0) is 16.7 Å². The predicted molar refractivity (Wildman–Crippen MR) is 98.4 cm³/mol. The Kier molecular flexibility index (Phi) is 3.23. The van der Waals surface area contributed by atoms with Crippen LogP contribution in [0.3, 0.4) is 0 Å². The first-order chi connectivity index (χ1) is 12.4. The van der Waals surface area contributed by atoms with E-state index in [2.05, 4.69) is 72.8 Å². The molecule has 2 heterocycles. The third-order valence-electron chi connectivity index (χ3n) is 4.79. The molecule has 25 heavy (non-hydrogen) atoms. The summed E-state index contributed by atoms with van der Waals surface area (Å²) in [4.78, 5) is 4.94. The molecular formula is C22H17N3. The van der Waals surface area contributed by atoms with Crippen LogP contribution in [0.25, 0.3) is 11.4 Å². The minimum absolute atomic E-state index is 0.0488. The van der Waals surface area contributed by atoms with E-state index in [1.807, 2.05) is 16.8 Å². The highest BCUT2D eigenvalue weighted by Crippen LogP contribution is 2.34. The molecule has 5 rings (SSSR count). The van der Waals surface area contributed by atoms with Crippen molar-refractivity contribution in [1.82, 2.24) is 14.8 Å². The van der Waals surface area contributed by atoms with Crippen molar-refractivity contribution in [2.24, 2.45) is 0 Å². The van der Waals surface area contributed by atoms with Crippen molar-refractivity contribution < 1.29 is 0 Å². The molecule has 0 unspecified atom stereocenters. The van der Waals surface area contributed by atoms with Crippen LogP contribution in [0.1, 0.15) is 28.4 Å². The van der Waals surface area contributed by atoms with Gasteiger partial charge < -0.3 is 0 Å². The highest BCUT2D eigenvalue weighted by Gasteiger charge is 2.27. The van der Waals surface area contributed by atoms with E-state index < -0.39 is 0 Å². The maximum Gasteiger partial charge on any atom is 0.163 e. The van der Waals surface area contributed by atoms with Gasteiger partial charge in [0.25, 0.3) is 0 Å². The van der Waals surface area contributed by atoms with E-state index in [0.717, 1.165) is 18.2 Å². The summed E-state index contributed by atoms with van der Waals surface area (Å²) in [5.74, 6) is 1.89. The molecule has 0 N–H and O–H groups in total. The molecule has 0 bridgehead atoms. The lowest BCUT2D eigenvalue weighted by atomic mass is 9.91. The number of nitrogens with zero attached hydrogens (tertiary/aromatic N) is 3. The zero-order valence-electron chi connectivity index (χ0n) is 13.7. The van der Waals surface area contributed by atoms with Crippen molar-refractivity contribution in [3.05, 3.63) is 107 Å². The van der Waals surface area contributed by atoms with Crippen molar-refractivity contribution in [1.29, 1.82) is 0 Å². The van der Waals surface area contributed by atoms with Gasteiger partial charge in [-0.2, -0.15) is 5.10 Å². The van der Waals surface area contributed by atoms with Crippen molar-refractivity contribution in [3.63, 3.8) is 0 Å². The first kappa shape index (κ1) is 14.2. The molecule has 0 radical (unpaired) electrons. The molecule has 0 aliphatic carbocycles. The SMILES string of the molecule is c1ccc(C(c2ccccc2)c2nc3n(n2)Cc2ccccc2-3)cc1. The van der Waals surface area contributed by atoms with E-state index in [-0.39, 0.29) is 5.92 Å². The fraction of sp³-hybridized carbons (Fsp3) is 0.0909. The maximum atomic E-state index is 4.94.